The maximum atomic E-state index is 12.5. The van der Waals surface area contributed by atoms with Crippen molar-refractivity contribution in [1.29, 1.82) is 0 Å². The van der Waals surface area contributed by atoms with Crippen LogP contribution in [0.15, 0.2) is 51.9 Å². The average Bonchev–Trinajstić information content (AvgIpc) is 2.95. The average molecular weight is 436 g/mol. The van der Waals surface area contributed by atoms with Gasteiger partial charge in [-0.15, -0.1) is 0 Å². The molecule has 26 heavy (non-hydrogen) atoms. The molecule has 0 spiro atoms. The van der Waals surface area contributed by atoms with Gasteiger partial charge in [-0.2, -0.15) is 4.99 Å². The lowest BCUT2D eigenvalue weighted by Gasteiger charge is -2.04. The summed E-state index contributed by atoms with van der Waals surface area (Å²) in [5, 5.41) is 10.7. The molecular formula is C17H14BrN3O4S. The van der Waals surface area contributed by atoms with Crippen LogP contribution in [0.5, 0.6) is 0 Å². The van der Waals surface area contributed by atoms with E-state index in [1.54, 1.807) is 7.11 Å². The van der Waals surface area contributed by atoms with Crippen molar-refractivity contribution in [3.63, 3.8) is 0 Å². The maximum Gasteiger partial charge on any atom is 0.279 e. The van der Waals surface area contributed by atoms with E-state index in [9.17, 15) is 14.9 Å². The van der Waals surface area contributed by atoms with E-state index in [0.29, 0.717) is 23.5 Å². The highest BCUT2D eigenvalue weighted by molar-refractivity contribution is 9.10. The van der Waals surface area contributed by atoms with Gasteiger partial charge in [0, 0.05) is 35.8 Å². The molecule has 3 aromatic rings. The molecule has 0 bridgehead atoms. The number of hydrogen-bond donors (Lipinski definition) is 0. The summed E-state index contributed by atoms with van der Waals surface area (Å²) in [4.78, 5) is 27.5. The zero-order chi connectivity index (χ0) is 18.7. The Bertz CT molecular complexity index is 1040. The number of aromatic nitrogens is 1. The fraction of sp³-hybridized carbons (Fsp3) is 0.176. The number of nitro groups is 1. The Balaban J connectivity index is 2.04. The first-order chi connectivity index (χ1) is 12.5. The van der Waals surface area contributed by atoms with Crippen molar-refractivity contribution in [2.75, 3.05) is 13.7 Å². The second kappa shape index (κ2) is 7.90. The third-order valence-electron chi connectivity index (χ3n) is 3.69. The number of nitro benzene ring substituents is 1. The van der Waals surface area contributed by atoms with E-state index in [1.165, 1.54) is 35.6 Å². The molecule has 0 atom stereocenters. The minimum absolute atomic E-state index is 0.0663. The maximum absolute atomic E-state index is 12.5. The second-order valence-corrected chi connectivity index (χ2v) is 7.29. The molecule has 7 nitrogen and oxygen atoms in total. The molecule has 0 aliphatic carbocycles. The van der Waals surface area contributed by atoms with Gasteiger partial charge < -0.3 is 9.30 Å². The zero-order valence-electron chi connectivity index (χ0n) is 13.7. The van der Waals surface area contributed by atoms with Crippen molar-refractivity contribution in [3.8, 4) is 0 Å². The van der Waals surface area contributed by atoms with Gasteiger partial charge in [0.25, 0.3) is 11.6 Å². The van der Waals surface area contributed by atoms with Crippen molar-refractivity contribution in [3.05, 3.63) is 67.4 Å². The first kappa shape index (κ1) is 18.4. The Labute approximate surface area is 160 Å². The van der Waals surface area contributed by atoms with E-state index in [2.05, 4.69) is 20.9 Å². The normalized spacial score (nSPS) is 11.8. The highest BCUT2D eigenvalue weighted by atomic mass is 79.9. The molecule has 0 saturated carbocycles. The topological polar surface area (TPSA) is 86.7 Å². The summed E-state index contributed by atoms with van der Waals surface area (Å²) >= 11 is 4.85. The van der Waals surface area contributed by atoms with Crippen LogP contribution in [0.2, 0.25) is 0 Å². The summed E-state index contributed by atoms with van der Waals surface area (Å²) in [6.07, 6.45) is 0. The van der Waals surface area contributed by atoms with Crippen LogP contribution in [0, 0.1) is 10.1 Å². The highest BCUT2D eigenvalue weighted by Gasteiger charge is 2.11. The lowest BCUT2D eigenvalue weighted by molar-refractivity contribution is -0.384. The van der Waals surface area contributed by atoms with Crippen molar-refractivity contribution >= 4 is 49.1 Å². The molecule has 0 fully saturated rings. The van der Waals surface area contributed by atoms with E-state index in [4.69, 9.17) is 4.74 Å². The van der Waals surface area contributed by atoms with Crippen LogP contribution in [-0.4, -0.2) is 29.1 Å². The molecule has 3 rings (SSSR count). The van der Waals surface area contributed by atoms with Gasteiger partial charge in [-0.3, -0.25) is 14.9 Å². The van der Waals surface area contributed by atoms with E-state index in [0.717, 1.165) is 14.7 Å². The number of carbonyl (C=O) groups excluding carboxylic acids is 1. The first-order valence-corrected chi connectivity index (χ1v) is 9.22. The lowest BCUT2D eigenvalue weighted by atomic mass is 10.2. The van der Waals surface area contributed by atoms with Gasteiger partial charge >= 0.3 is 0 Å². The number of amides is 1. The van der Waals surface area contributed by atoms with Gasteiger partial charge in [0.1, 0.15) is 0 Å². The number of thiazole rings is 1. The summed E-state index contributed by atoms with van der Waals surface area (Å²) in [7, 11) is 1.62. The molecule has 2 aromatic carbocycles. The zero-order valence-corrected chi connectivity index (χ0v) is 16.1. The van der Waals surface area contributed by atoms with Crippen LogP contribution in [0.1, 0.15) is 10.4 Å². The Kier molecular flexibility index (Phi) is 5.60. The minimum atomic E-state index is -0.506. The molecule has 134 valence electrons. The first-order valence-electron chi connectivity index (χ1n) is 7.61. The van der Waals surface area contributed by atoms with Crippen molar-refractivity contribution < 1.29 is 14.5 Å². The molecule has 0 aliphatic heterocycles. The van der Waals surface area contributed by atoms with Gasteiger partial charge in [0.05, 0.1) is 21.7 Å². The van der Waals surface area contributed by atoms with Gasteiger partial charge in [0.2, 0.25) is 0 Å². The Morgan fingerprint density at radius 3 is 2.69 bits per heavy atom. The summed E-state index contributed by atoms with van der Waals surface area (Å²) in [5.74, 6) is -0.448. The lowest BCUT2D eigenvalue weighted by Crippen LogP contribution is -2.19. The summed E-state index contributed by atoms with van der Waals surface area (Å²) in [6, 6.07) is 11.3. The molecular weight excluding hydrogens is 422 g/mol. The molecule has 1 heterocycles. The molecule has 0 unspecified atom stereocenters. The number of non-ortho nitro benzene ring substituents is 1. The van der Waals surface area contributed by atoms with E-state index in [-0.39, 0.29) is 5.69 Å². The summed E-state index contributed by atoms with van der Waals surface area (Å²) in [6.45, 7) is 1.05. The van der Waals surface area contributed by atoms with Crippen LogP contribution in [0.25, 0.3) is 10.2 Å². The molecule has 0 N–H and O–H groups in total. The Morgan fingerprint density at radius 2 is 2.04 bits per heavy atom. The second-order valence-electron chi connectivity index (χ2n) is 5.36. The van der Waals surface area contributed by atoms with Crippen LogP contribution < -0.4 is 4.80 Å². The van der Waals surface area contributed by atoms with Crippen molar-refractivity contribution in [2.24, 2.45) is 4.99 Å². The van der Waals surface area contributed by atoms with Gasteiger partial charge in [-0.1, -0.05) is 27.3 Å². The van der Waals surface area contributed by atoms with Crippen LogP contribution in [0.3, 0.4) is 0 Å². The number of fused-ring (bicyclic) bond motifs is 1. The molecule has 0 saturated heterocycles. The number of benzene rings is 2. The summed E-state index contributed by atoms with van der Waals surface area (Å²) < 4.78 is 9.02. The predicted octanol–water partition coefficient (Wildman–Crippen LogP) is 3.76. The number of hydrogen-bond acceptors (Lipinski definition) is 5. The molecule has 0 aliphatic rings. The van der Waals surface area contributed by atoms with Gasteiger partial charge in [-0.05, 0) is 30.3 Å². The number of halogens is 1. The smallest absolute Gasteiger partial charge is 0.279 e. The fourth-order valence-corrected chi connectivity index (χ4v) is 4.01. The van der Waals surface area contributed by atoms with E-state index >= 15 is 0 Å². The van der Waals surface area contributed by atoms with Crippen molar-refractivity contribution in [2.45, 2.75) is 6.54 Å². The Hall–Kier alpha value is -2.36. The van der Waals surface area contributed by atoms with Crippen molar-refractivity contribution in [1.82, 2.24) is 4.57 Å². The fourth-order valence-electron chi connectivity index (χ4n) is 2.41. The van der Waals surface area contributed by atoms with Gasteiger partial charge in [0.15, 0.2) is 4.80 Å². The van der Waals surface area contributed by atoms with E-state index in [1.807, 2.05) is 22.8 Å². The summed E-state index contributed by atoms with van der Waals surface area (Å²) in [5.41, 5.74) is 1.20. The van der Waals surface area contributed by atoms with Crippen LogP contribution >= 0.6 is 27.3 Å². The third-order valence-corrected chi connectivity index (χ3v) is 5.22. The third kappa shape index (κ3) is 3.90. The standard InChI is InChI=1S/C17H14BrN3O4S/c1-25-9-8-20-14-7-4-12(18)10-15(14)26-17(20)19-16(22)11-2-5-13(6-3-11)21(23)24/h2-7,10H,8-9H2,1H3. The number of nitrogens with zero attached hydrogens (tertiary/aromatic N) is 3. The number of methoxy groups -OCH3 is 1. The minimum Gasteiger partial charge on any atom is -0.383 e. The quantitative estimate of drug-likeness (QED) is 0.450. The molecule has 0 radical (unpaired) electrons. The number of ether oxygens (including phenoxy) is 1. The SMILES string of the molecule is COCCn1c(=NC(=O)c2ccc([N+](=O)[O-])cc2)sc2cc(Br)ccc21. The molecule has 9 heteroatoms. The number of carbonyl (C=O) groups is 1. The van der Waals surface area contributed by atoms with E-state index < -0.39 is 10.8 Å². The predicted molar refractivity (Wildman–Crippen MR) is 102 cm³/mol. The molecule has 1 amide bonds. The Morgan fingerprint density at radius 1 is 1.31 bits per heavy atom. The van der Waals surface area contributed by atoms with Gasteiger partial charge in [-0.25, -0.2) is 0 Å². The highest BCUT2D eigenvalue weighted by Crippen LogP contribution is 2.22. The molecule has 1 aromatic heterocycles. The van der Waals surface area contributed by atoms with Crippen LogP contribution in [-0.2, 0) is 11.3 Å². The monoisotopic (exact) mass is 435 g/mol. The number of rotatable bonds is 5. The largest absolute Gasteiger partial charge is 0.383 e. The van der Waals surface area contributed by atoms with Crippen LogP contribution in [0.4, 0.5) is 5.69 Å².